The molecule has 0 bridgehead atoms. The zero-order valence-corrected chi connectivity index (χ0v) is 17.2. The van der Waals surface area contributed by atoms with Gasteiger partial charge in [-0.25, -0.2) is 4.98 Å². The number of fused-ring (bicyclic) bond motifs is 1. The number of benzene rings is 1. The fourth-order valence-corrected chi connectivity index (χ4v) is 4.63. The molecule has 3 heterocycles. The van der Waals surface area contributed by atoms with Gasteiger partial charge in [-0.3, -0.25) is 9.78 Å². The normalized spacial score (nSPS) is 17.0. The SMILES string of the molecule is CC(C)Cn1c([C@H]2CCN(C(=O)CSc3ccccc3)C2)nc2ccncc21. The minimum atomic E-state index is 0.213. The third-order valence-electron chi connectivity index (χ3n) is 5.14. The van der Waals surface area contributed by atoms with Crippen LogP contribution in [0.5, 0.6) is 0 Å². The lowest BCUT2D eigenvalue weighted by Gasteiger charge is -2.18. The van der Waals surface area contributed by atoms with Crippen LogP contribution in [-0.2, 0) is 11.3 Å². The van der Waals surface area contributed by atoms with Crippen molar-refractivity contribution in [3.8, 4) is 0 Å². The van der Waals surface area contributed by atoms with Crippen molar-refractivity contribution in [3.63, 3.8) is 0 Å². The molecule has 1 aromatic carbocycles. The van der Waals surface area contributed by atoms with Crippen LogP contribution in [0.4, 0.5) is 0 Å². The number of amides is 1. The summed E-state index contributed by atoms with van der Waals surface area (Å²) in [7, 11) is 0. The second-order valence-electron chi connectivity index (χ2n) is 7.77. The molecule has 0 N–H and O–H groups in total. The molecule has 146 valence electrons. The van der Waals surface area contributed by atoms with Crippen molar-refractivity contribution in [2.75, 3.05) is 18.8 Å². The number of carbonyl (C=O) groups is 1. The van der Waals surface area contributed by atoms with E-state index in [1.165, 1.54) is 0 Å². The van der Waals surface area contributed by atoms with E-state index < -0.39 is 0 Å². The second kappa shape index (κ2) is 8.35. The van der Waals surface area contributed by atoms with Crippen molar-refractivity contribution in [3.05, 3.63) is 54.6 Å². The Hall–Kier alpha value is -2.34. The van der Waals surface area contributed by atoms with Gasteiger partial charge in [-0.15, -0.1) is 11.8 Å². The van der Waals surface area contributed by atoms with Crippen molar-refractivity contribution < 1.29 is 4.79 Å². The number of hydrogen-bond donors (Lipinski definition) is 0. The van der Waals surface area contributed by atoms with Gasteiger partial charge < -0.3 is 9.47 Å². The number of pyridine rings is 1. The summed E-state index contributed by atoms with van der Waals surface area (Å²) in [5.74, 6) is 2.62. The summed E-state index contributed by atoms with van der Waals surface area (Å²) in [4.78, 5) is 25.0. The summed E-state index contributed by atoms with van der Waals surface area (Å²) in [6, 6.07) is 12.1. The predicted octanol–water partition coefficient (Wildman–Crippen LogP) is 4.20. The van der Waals surface area contributed by atoms with Gasteiger partial charge in [0.15, 0.2) is 0 Å². The summed E-state index contributed by atoms with van der Waals surface area (Å²) in [6.45, 7) is 6.92. The lowest BCUT2D eigenvalue weighted by atomic mass is 10.1. The summed E-state index contributed by atoms with van der Waals surface area (Å²) < 4.78 is 2.31. The Morgan fingerprint density at radius 3 is 2.86 bits per heavy atom. The standard InChI is InChI=1S/C22H26N4OS/c1-16(2)13-26-20-12-23-10-8-19(20)24-22(26)17-9-11-25(14-17)21(27)15-28-18-6-4-3-5-7-18/h3-8,10,12,16-17H,9,11,13-15H2,1-2H3/t17-/m0/s1. The number of likely N-dealkylation sites (tertiary alicyclic amines) is 1. The lowest BCUT2D eigenvalue weighted by molar-refractivity contribution is -0.127. The molecule has 0 radical (unpaired) electrons. The first kappa shape index (κ1) is 19.0. The Morgan fingerprint density at radius 2 is 2.07 bits per heavy atom. The second-order valence-corrected chi connectivity index (χ2v) is 8.81. The average Bonchev–Trinajstić information content (AvgIpc) is 3.32. The Bertz CT molecular complexity index is 954. The molecule has 1 atom stereocenters. The Labute approximate surface area is 170 Å². The fraction of sp³-hybridized carbons (Fsp3) is 0.409. The van der Waals surface area contributed by atoms with Crippen LogP contribution in [0.15, 0.2) is 53.7 Å². The summed E-state index contributed by atoms with van der Waals surface area (Å²) in [5, 5.41) is 0. The van der Waals surface area contributed by atoms with Crippen LogP contribution in [0.25, 0.3) is 11.0 Å². The van der Waals surface area contributed by atoms with Gasteiger partial charge in [0.05, 0.1) is 23.0 Å². The summed E-state index contributed by atoms with van der Waals surface area (Å²) >= 11 is 1.61. The van der Waals surface area contributed by atoms with Crippen molar-refractivity contribution in [2.45, 2.75) is 37.6 Å². The van der Waals surface area contributed by atoms with Crippen LogP contribution in [0.2, 0.25) is 0 Å². The molecule has 1 fully saturated rings. The van der Waals surface area contributed by atoms with E-state index in [2.05, 4.69) is 23.4 Å². The van der Waals surface area contributed by atoms with Gasteiger partial charge in [0, 0.05) is 36.6 Å². The molecule has 2 aromatic heterocycles. The fourth-order valence-electron chi connectivity index (χ4n) is 3.81. The molecule has 1 aliphatic rings. The number of thioether (sulfide) groups is 1. The van der Waals surface area contributed by atoms with E-state index in [0.717, 1.165) is 47.8 Å². The topological polar surface area (TPSA) is 51.0 Å². The number of aromatic nitrogens is 3. The Morgan fingerprint density at radius 1 is 1.25 bits per heavy atom. The van der Waals surface area contributed by atoms with Crippen LogP contribution in [0.1, 0.15) is 32.0 Å². The van der Waals surface area contributed by atoms with Gasteiger partial charge in [-0.05, 0) is 30.5 Å². The summed E-state index contributed by atoms with van der Waals surface area (Å²) in [5.41, 5.74) is 2.09. The quantitative estimate of drug-likeness (QED) is 0.588. The third kappa shape index (κ3) is 4.07. The van der Waals surface area contributed by atoms with Crippen LogP contribution >= 0.6 is 11.8 Å². The number of carbonyl (C=O) groups excluding carboxylic acids is 1. The van der Waals surface area contributed by atoms with Gasteiger partial charge >= 0.3 is 0 Å². The molecular formula is C22H26N4OS. The molecule has 0 spiro atoms. The number of rotatable bonds is 6. The minimum absolute atomic E-state index is 0.213. The highest BCUT2D eigenvalue weighted by molar-refractivity contribution is 8.00. The van der Waals surface area contributed by atoms with E-state index >= 15 is 0 Å². The van der Waals surface area contributed by atoms with Crippen molar-refractivity contribution in [1.29, 1.82) is 0 Å². The van der Waals surface area contributed by atoms with Gasteiger partial charge in [-0.2, -0.15) is 0 Å². The average molecular weight is 395 g/mol. The predicted molar refractivity (Wildman–Crippen MR) is 113 cm³/mol. The van der Waals surface area contributed by atoms with Crippen molar-refractivity contribution >= 4 is 28.7 Å². The largest absolute Gasteiger partial charge is 0.341 e. The molecule has 3 aromatic rings. The maximum atomic E-state index is 12.7. The molecule has 4 rings (SSSR count). The number of hydrogen-bond acceptors (Lipinski definition) is 4. The molecule has 0 unspecified atom stereocenters. The Kier molecular flexibility index (Phi) is 5.67. The third-order valence-corrected chi connectivity index (χ3v) is 6.14. The van der Waals surface area contributed by atoms with Crippen LogP contribution in [0, 0.1) is 5.92 Å². The van der Waals surface area contributed by atoms with E-state index in [0.29, 0.717) is 11.7 Å². The molecule has 0 aliphatic carbocycles. The molecule has 0 saturated carbocycles. The maximum absolute atomic E-state index is 12.7. The molecule has 1 saturated heterocycles. The maximum Gasteiger partial charge on any atom is 0.232 e. The van der Waals surface area contributed by atoms with Crippen molar-refractivity contribution in [2.24, 2.45) is 5.92 Å². The van der Waals surface area contributed by atoms with Gasteiger partial charge in [-0.1, -0.05) is 32.0 Å². The van der Waals surface area contributed by atoms with E-state index in [-0.39, 0.29) is 11.8 Å². The molecule has 1 amide bonds. The van der Waals surface area contributed by atoms with Gasteiger partial charge in [0.1, 0.15) is 5.82 Å². The lowest BCUT2D eigenvalue weighted by Crippen LogP contribution is -2.30. The van der Waals surface area contributed by atoms with E-state index in [1.807, 2.05) is 47.5 Å². The summed E-state index contributed by atoms with van der Waals surface area (Å²) in [6.07, 6.45) is 4.67. The van der Waals surface area contributed by atoms with Crippen molar-refractivity contribution in [1.82, 2.24) is 19.4 Å². The first-order valence-corrected chi connectivity index (χ1v) is 10.9. The highest BCUT2D eigenvalue weighted by Gasteiger charge is 2.31. The number of nitrogens with zero attached hydrogens (tertiary/aromatic N) is 4. The van der Waals surface area contributed by atoms with Crippen LogP contribution < -0.4 is 0 Å². The van der Waals surface area contributed by atoms with E-state index in [9.17, 15) is 4.79 Å². The van der Waals surface area contributed by atoms with Gasteiger partial charge in [0.25, 0.3) is 0 Å². The Balaban J connectivity index is 1.47. The molecule has 28 heavy (non-hydrogen) atoms. The van der Waals surface area contributed by atoms with Gasteiger partial charge in [0.2, 0.25) is 5.91 Å². The molecule has 1 aliphatic heterocycles. The highest BCUT2D eigenvalue weighted by Crippen LogP contribution is 2.30. The molecule has 6 heteroatoms. The monoisotopic (exact) mass is 394 g/mol. The first-order chi connectivity index (χ1) is 13.6. The first-order valence-electron chi connectivity index (χ1n) is 9.87. The van der Waals surface area contributed by atoms with Crippen LogP contribution in [-0.4, -0.2) is 44.2 Å². The smallest absolute Gasteiger partial charge is 0.232 e. The molecular weight excluding hydrogens is 368 g/mol. The van der Waals surface area contributed by atoms with Crippen LogP contribution in [0.3, 0.4) is 0 Å². The van der Waals surface area contributed by atoms with E-state index in [4.69, 9.17) is 4.98 Å². The highest BCUT2D eigenvalue weighted by atomic mass is 32.2. The van der Waals surface area contributed by atoms with E-state index in [1.54, 1.807) is 18.0 Å². The zero-order chi connectivity index (χ0) is 19.5. The number of imidazole rings is 1. The molecule has 5 nitrogen and oxygen atoms in total. The minimum Gasteiger partial charge on any atom is -0.341 e. The zero-order valence-electron chi connectivity index (χ0n) is 16.4.